The van der Waals surface area contributed by atoms with Gasteiger partial charge in [0.15, 0.2) is 0 Å². The Morgan fingerprint density at radius 1 is 1.38 bits per heavy atom. The van der Waals surface area contributed by atoms with Crippen LogP contribution in [0.2, 0.25) is 0 Å². The summed E-state index contributed by atoms with van der Waals surface area (Å²) in [6, 6.07) is 8.56. The average Bonchev–Trinajstić information content (AvgIpc) is 2.47. The number of carboxylic acids is 1. The summed E-state index contributed by atoms with van der Waals surface area (Å²) >= 11 is 0. The van der Waals surface area contributed by atoms with E-state index in [2.05, 4.69) is 5.32 Å². The first-order chi connectivity index (χ1) is 10.1. The number of piperidine rings is 1. The first kappa shape index (κ1) is 14.9. The number of amides is 2. The van der Waals surface area contributed by atoms with Gasteiger partial charge in [0.05, 0.1) is 11.6 Å². The summed E-state index contributed by atoms with van der Waals surface area (Å²) in [6.07, 6.45) is 1.58. The molecule has 0 radical (unpaired) electrons. The van der Waals surface area contributed by atoms with E-state index in [0.717, 1.165) is 0 Å². The Hall–Kier alpha value is -2.55. The van der Waals surface area contributed by atoms with Crippen molar-refractivity contribution in [1.82, 2.24) is 4.90 Å². The van der Waals surface area contributed by atoms with Gasteiger partial charge in [-0.05, 0) is 37.0 Å². The number of nitrogens with zero attached hydrogens (tertiary/aromatic N) is 2. The average molecular weight is 287 g/mol. The van der Waals surface area contributed by atoms with Crippen LogP contribution in [-0.4, -0.2) is 35.1 Å². The number of aliphatic carboxylic acids is 1. The quantitative estimate of drug-likeness (QED) is 0.891. The van der Waals surface area contributed by atoms with Crippen LogP contribution in [0.25, 0.3) is 0 Å². The van der Waals surface area contributed by atoms with Crippen LogP contribution in [0.3, 0.4) is 0 Å². The molecule has 0 bridgehead atoms. The molecule has 0 aliphatic carbocycles. The molecule has 21 heavy (non-hydrogen) atoms. The van der Waals surface area contributed by atoms with Crippen molar-refractivity contribution in [2.24, 2.45) is 5.92 Å². The van der Waals surface area contributed by atoms with Gasteiger partial charge in [-0.15, -0.1) is 0 Å². The number of anilines is 1. The summed E-state index contributed by atoms with van der Waals surface area (Å²) in [7, 11) is 0. The van der Waals surface area contributed by atoms with Crippen molar-refractivity contribution in [3.8, 4) is 6.07 Å². The van der Waals surface area contributed by atoms with Gasteiger partial charge in [-0.1, -0.05) is 6.07 Å². The second-order valence-corrected chi connectivity index (χ2v) is 5.15. The van der Waals surface area contributed by atoms with Crippen LogP contribution < -0.4 is 5.32 Å². The number of nitriles is 1. The Bertz CT molecular complexity index is 572. The van der Waals surface area contributed by atoms with Crippen molar-refractivity contribution in [3.05, 3.63) is 29.8 Å². The molecule has 1 aromatic carbocycles. The number of likely N-dealkylation sites (tertiary alicyclic amines) is 1. The van der Waals surface area contributed by atoms with Crippen LogP contribution in [-0.2, 0) is 4.79 Å². The van der Waals surface area contributed by atoms with E-state index in [0.29, 0.717) is 37.2 Å². The minimum Gasteiger partial charge on any atom is -0.481 e. The van der Waals surface area contributed by atoms with Crippen molar-refractivity contribution in [2.75, 3.05) is 18.4 Å². The number of benzene rings is 1. The minimum absolute atomic E-state index is 0.147. The molecule has 2 rings (SSSR count). The molecule has 1 aromatic rings. The van der Waals surface area contributed by atoms with Crippen LogP contribution >= 0.6 is 0 Å². The van der Waals surface area contributed by atoms with E-state index in [9.17, 15) is 9.59 Å². The summed E-state index contributed by atoms with van der Waals surface area (Å²) in [5.74, 6) is -0.639. The molecule has 6 heteroatoms. The Balaban J connectivity index is 1.87. The fraction of sp³-hybridized carbons (Fsp3) is 0.400. The third kappa shape index (κ3) is 4.21. The summed E-state index contributed by atoms with van der Waals surface area (Å²) in [5, 5.41) is 20.4. The summed E-state index contributed by atoms with van der Waals surface area (Å²) in [4.78, 5) is 24.5. The van der Waals surface area contributed by atoms with Crippen LogP contribution in [0.15, 0.2) is 24.3 Å². The van der Waals surface area contributed by atoms with Gasteiger partial charge in [-0.3, -0.25) is 4.79 Å². The van der Waals surface area contributed by atoms with Gasteiger partial charge in [0.25, 0.3) is 0 Å². The molecule has 6 nitrogen and oxygen atoms in total. The molecule has 1 aliphatic heterocycles. The highest BCUT2D eigenvalue weighted by molar-refractivity contribution is 5.89. The van der Waals surface area contributed by atoms with E-state index in [1.807, 2.05) is 6.07 Å². The molecular weight excluding hydrogens is 270 g/mol. The number of carbonyl (C=O) groups excluding carboxylic acids is 1. The molecule has 0 unspecified atom stereocenters. The van der Waals surface area contributed by atoms with Crippen molar-refractivity contribution >= 4 is 17.7 Å². The zero-order chi connectivity index (χ0) is 15.2. The zero-order valence-corrected chi connectivity index (χ0v) is 11.6. The van der Waals surface area contributed by atoms with Crippen LogP contribution in [0.5, 0.6) is 0 Å². The second kappa shape index (κ2) is 6.75. The van der Waals surface area contributed by atoms with Gasteiger partial charge < -0.3 is 15.3 Å². The number of carbonyl (C=O) groups is 2. The molecule has 1 saturated heterocycles. The number of rotatable bonds is 3. The molecular formula is C15H17N3O3. The Kier molecular flexibility index (Phi) is 4.77. The van der Waals surface area contributed by atoms with Gasteiger partial charge in [0, 0.05) is 25.2 Å². The topological polar surface area (TPSA) is 93.4 Å². The van der Waals surface area contributed by atoms with E-state index >= 15 is 0 Å². The molecule has 2 amide bonds. The molecule has 0 saturated carbocycles. The molecule has 2 N–H and O–H groups in total. The Labute approximate surface area is 123 Å². The standard InChI is InChI=1S/C15H17N3O3/c16-10-12-2-1-3-13(8-12)17-15(21)18-6-4-11(5-7-18)9-14(19)20/h1-3,8,11H,4-7,9H2,(H,17,21)(H,19,20). The number of carboxylic acid groups (broad SMARTS) is 1. The van der Waals surface area contributed by atoms with E-state index in [1.165, 1.54) is 0 Å². The fourth-order valence-corrected chi connectivity index (χ4v) is 2.46. The number of urea groups is 1. The molecule has 0 atom stereocenters. The zero-order valence-electron chi connectivity index (χ0n) is 11.6. The maximum Gasteiger partial charge on any atom is 0.321 e. The number of nitrogens with one attached hydrogen (secondary N) is 1. The second-order valence-electron chi connectivity index (χ2n) is 5.15. The van der Waals surface area contributed by atoms with Crippen LogP contribution in [0, 0.1) is 17.2 Å². The molecule has 1 fully saturated rings. The summed E-state index contributed by atoms with van der Waals surface area (Å²) in [6.45, 7) is 1.11. The van der Waals surface area contributed by atoms with E-state index in [-0.39, 0.29) is 18.4 Å². The lowest BCUT2D eigenvalue weighted by molar-refractivity contribution is -0.138. The third-order valence-electron chi connectivity index (χ3n) is 3.61. The van der Waals surface area contributed by atoms with E-state index < -0.39 is 5.97 Å². The molecule has 1 aliphatic rings. The van der Waals surface area contributed by atoms with E-state index in [1.54, 1.807) is 29.2 Å². The van der Waals surface area contributed by atoms with Gasteiger partial charge in [0.2, 0.25) is 0 Å². The van der Waals surface area contributed by atoms with Crippen molar-refractivity contribution in [3.63, 3.8) is 0 Å². The smallest absolute Gasteiger partial charge is 0.321 e. The van der Waals surface area contributed by atoms with Crippen molar-refractivity contribution in [1.29, 1.82) is 5.26 Å². The van der Waals surface area contributed by atoms with E-state index in [4.69, 9.17) is 10.4 Å². The summed E-state index contributed by atoms with van der Waals surface area (Å²) in [5.41, 5.74) is 1.08. The SMILES string of the molecule is N#Cc1cccc(NC(=O)N2CCC(CC(=O)O)CC2)c1. The highest BCUT2D eigenvalue weighted by Crippen LogP contribution is 2.21. The Morgan fingerprint density at radius 2 is 2.10 bits per heavy atom. The lowest BCUT2D eigenvalue weighted by Gasteiger charge is -2.31. The third-order valence-corrected chi connectivity index (χ3v) is 3.61. The predicted octanol–water partition coefficient (Wildman–Crippen LogP) is 2.28. The minimum atomic E-state index is -0.786. The normalized spacial score (nSPS) is 15.3. The molecule has 0 spiro atoms. The first-order valence-electron chi connectivity index (χ1n) is 6.86. The molecule has 0 aromatic heterocycles. The maximum absolute atomic E-state index is 12.1. The predicted molar refractivity (Wildman–Crippen MR) is 76.7 cm³/mol. The number of hydrogen-bond acceptors (Lipinski definition) is 3. The fourth-order valence-electron chi connectivity index (χ4n) is 2.46. The Morgan fingerprint density at radius 3 is 2.71 bits per heavy atom. The highest BCUT2D eigenvalue weighted by atomic mass is 16.4. The molecule has 110 valence electrons. The maximum atomic E-state index is 12.1. The first-order valence-corrected chi connectivity index (χ1v) is 6.86. The van der Waals surface area contributed by atoms with Crippen LogP contribution in [0.1, 0.15) is 24.8 Å². The highest BCUT2D eigenvalue weighted by Gasteiger charge is 2.24. The monoisotopic (exact) mass is 287 g/mol. The number of hydrogen-bond donors (Lipinski definition) is 2. The largest absolute Gasteiger partial charge is 0.481 e. The lowest BCUT2D eigenvalue weighted by atomic mass is 9.94. The van der Waals surface area contributed by atoms with Crippen molar-refractivity contribution in [2.45, 2.75) is 19.3 Å². The van der Waals surface area contributed by atoms with Gasteiger partial charge >= 0.3 is 12.0 Å². The van der Waals surface area contributed by atoms with Gasteiger partial charge in [-0.2, -0.15) is 5.26 Å². The van der Waals surface area contributed by atoms with Crippen LogP contribution in [0.4, 0.5) is 10.5 Å². The summed E-state index contributed by atoms with van der Waals surface area (Å²) < 4.78 is 0. The molecule has 1 heterocycles. The van der Waals surface area contributed by atoms with Crippen molar-refractivity contribution < 1.29 is 14.7 Å². The lowest BCUT2D eigenvalue weighted by Crippen LogP contribution is -2.41. The van der Waals surface area contributed by atoms with Gasteiger partial charge in [-0.25, -0.2) is 4.79 Å². The van der Waals surface area contributed by atoms with Gasteiger partial charge in [0.1, 0.15) is 0 Å².